The Kier molecular flexibility index (Phi) is 2.45. The van der Waals surface area contributed by atoms with Crippen LogP contribution in [0.25, 0.3) is 0 Å². The summed E-state index contributed by atoms with van der Waals surface area (Å²) in [4.78, 5) is 26.9. The molecule has 2 N–H and O–H groups in total. The number of H-pyrrole nitrogens is 1. The first-order chi connectivity index (χ1) is 7.18. The van der Waals surface area contributed by atoms with Crippen molar-refractivity contribution in [1.29, 1.82) is 0 Å². The van der Waals surface area contributed by atoms with E-state index >= 15 is 0 Å². The largest absolute Gasteiger partial charge is 0.481 e. The third kappa shape index (κ3) is 1.86. The summed E-state index contributed by atoms with van der Waals surface area (Å²) in [6.07, 6.45) is 2.22. The normalized spacial score (nSPS) is 20.5. The number of hydrogen-bond donors (Lipinski definition) is 2. The number of carboxylic acid groups (broad SMARTS) is 1. The van der Waals surface area contributed by atoms with E-state index in [0.717, 1.165) is 0 Å². The van der Waals surface area contributed by atoms with Crippen LogP contribution in [0.4, 0.5) is 0 Å². The fraction of sp³-hybridized carbons (Fsp3) is 0.400. The van der Waals surface area contributed by atoms with Crippen molar-refractivity contribution in [2.24, 2.45) is 5.92 Å². The van der Waals surface area contributed by atoms with Gasteiger partial charge in [0.1, 0.15) is 5.69 Å². The molecule has 1 amide bonds. The number of carbonyl (C=O) groups excluding carboxylic acids is 1. The number of aromatic amines is 1. The molecule has 0 spiro atoms. The van der Waals surface area contributed by atoms with Crippen molar-refractivity contribution in [1.82, 2.24) is 9.88 Å². The van der Waals surface area contributed by atoms with Gasteiger partial charge in [0.15, 0.2) is 0 Å². The highest BCUT2D eigenvalue weighted by Crippen LogP contribution is 2.18. The Bertz CT molecular complexity index is 372. The van der Waals surface area contributed by atoms with E-state index in [-0.39, 0.29) is 5.91 Å². The van der Waals surface area contributed by atoms with E-state index in [9.17, 15) is 9.59 Å². The van der Waals surface area contributed by atoms with E-state index in [4.69, 9.17) is 5.11 Å². The van der Waals surface area contributed by atoms with Gasteiger partial charge in [0.2, 0.25) is 0 Å². The molecule has 0 unspecified atom stereocenters. The molecule has 5 heteroatoms. The lowest BCUT2D eigenvalue weighted by atomic mass is 10.1. The van der Waals surface area contributed by atoms with E-state index in [2.05, 4.69) is 4.98 Å². The quantitative estimate of drug-likeness (QED) is 0.745. The molecule has 1 aliphatic heterocycles. The van der Waals surface area contributed by atoms with Gasteiger partial charge in [0, 0.05) is 19.3 Å². The molecular formula is C10H12N2O3. The minimum Gasteiger partial charge on any atom is -0.481 e. The van der Waals surface area contributed by atoms with Crippen molar-refractivity contribution in [3.8, 4) is 0 Å². The molecule has 1 aromatic heterocycles. The van der Waals surface area contributed by atoms with Crippen molar-refractivity contribution in [2.75, 3.05) is 13.1 Å². The molecule has 0 radical (unpaired) electrons. The molecule has 2 heterocycles. The summed E-state index contributed by atoms with van der Waals surface area (Å²) in [6, 6.07) is 3.44. The number of carboxylic acids is 1. The van der Waals surface area contributed by atoms with Gasteiger partial charge in [-0.3, -0.25) is 9.59 Å². The standard InChI is InChI=1S/C10H12N2O3/c13-9(8-2-1-4-11-8)12-5-3-7(6-12)10(14)15/h1-2,4,7,11H,3,5-6H2,(H,14,15)/t7-/m0/s1. The van der Waals surface area contributed by atoms with Gasteiger partial charge < -0.3 is 15.0 Å². The number of hydrogen-bond acceptors (Lipinski definition) is 2. The predicted octanol–water partition coefficient (Wildman–Crippen LogP) is 0.561. The first kappa shape index (κ1) is 9.76. The molecule has 5 nitrogen and oxygen atoms in total. The number of amides is 1. The average molecular weight is 208 g/mol. The molecule has 0 saturated carbocycles. The first-order valence-corrected chi connectivity index (χ1v) is 4.84. The SMILES string of the molecule is O=C(O)[C@H]1CCN(C(=O)c2ccc[nH]2)C1. The van der Waals surface area contributed by atoms with Gasteiger partial charge in [-0.2, -0.15) is 0 Å². The van der Waals surface area contributed by atoms with Gasteiger partial charge >= 0.3 is 5.97 Å². The summed E-state index contributed by atoms with van der Waals surface area (Å²) in [5.74, 6) is -1.36. The van der Waals surface area contributed by atoms with Crippen LogP contribution in [0.2, 0.25) is 0 Å². The van der Waals surface area contributed by atoms with E-state index in [1.807, 2.05) is 0 Å². The van der Waals surface area contributed by atoms with Gasteiger partial charge in [-0.15, -0.1) is 0 Å². The van der Waals surface area contributed by atoms with Crippen LogP contribution in [0.5, 0.6) is 0 Å². The highest BCUT2D eigenvalue weighted by molar-refractivity contribution is 5.93. The Morgan fingerprint density at radius 3 is 2.87 bits per heavy atom. The van der Waals surface area contributed by atoms with E-state index in [1.54, 1.807) is 23.2 Å². The molecule has 0 aromatic carbocycles. The van der Waals surface area contributed by atoms with Gasteiger partial charge in [-0.1, -0.05) is 0 Å². The molecular weight excluding hydrogens is 196 g/mol. The monoisotopic (exact) mass is 208 g/mol. The number of rotatable bonds is 2. The smallest absolute Gasteiger partial charge is 0.308 e. The number of carbonyl (C=O) groups is 2. The van der Waals surface area contributed by atoms with Crippen LogP contribution < -0.4 is 0 Å². The summed E-state index contributed by atoms with van der Waals surface area (Å²) in [6.45, 7) is 0.835. The minimum absolute atomic E-state index is 0.122. The van der Waals surface area contributed by atoms with Crippen LogP contribution in [0.3, 0.4) is 0 Å². The van der Waals surface area contributed by atoms with Crippen molar-refractivity contribution in [3.05, 3.63) is 24.0 Å². The molecule has 1 fully saturated rings. The zero-order valence-corrected chi connectivity index (χ0v) is 8.14. The fourth-order valence-corrected chi connectivity index (χ4v) is 1.78. The summed E-state index contributed by atoms with van der Waals surface area (Å²) in [5.41, 5.74) is 0.515. The van der Waals surface area contributed by atoms with Gasteiger partial charge in [0.25, 0.3) is 5.91 Å². The number of nitrogens with one attached hydrogen (secondary N) is 1. The highest BCUT2D eigenvalue weighted by atomic mass is 16.4. The average Bonchev–Trinajstić information content (AvgIpc) is 2.88. The topological polar surface area (TPSA) is 73.4 Å². The zero-order chi connectivity index (χ0) is 10.8. The lowest BCUT2D eigenvalue weighted by Gasteiger charge is -2.14. The summed E-state index contributed by atoms with van der Waals surface area (Å²) < 4.78 is 0. The predicted molar refractivity (Wildman–Crippen MR) is 52.4 cm³/mol. The summed E-state index contributed by atoms with van der Waals surface area (Å²) in [5, 5.41) is 8.80. The Morgan fingerprint density at radius 1 is 1.53 bits per heavy atom. The molecule has 80 valence electrons. The Hall–Kier alpha value is -1.78. The molecule has 0 bridgehead atoms. The zero-order valence-electron chi connectivity index (χ0n) is 8.14. The van der Waals surface area contributed by atoms with E-state index in [0.29, 0.717) is 25.2 Å². The maximum atomic E-state index is 11.8. The maximum Gasteiger partial charge on any atom is 0.308 e. The maximum absolute atomic E-state index is 11.8. The molecule has 1 saturated heterocycles. The third-order valence-corrected chi connectivity index (χ3v) is 2.65. The Labute approximate surface area is 86.7 Å². The van der Waals surface area contributed by atoms with Gasteiger partial charge in [-0.25, -0.2) is 0 Å². The minimum atomic E-state index is -0.822. The highest BCUT2D eigenvalue weighted by Gasteiger charge is 2.31. The van der Waals surface area contributed by atoms with Gasteiger partial charge in [-0.05, 0) is 18.6 Å². The number of aliphatic carboxylic acids is 1. The number of aromatic nitrogens is 1. The van der Waals surface area contributed by atoms with Crippen LogP contribution in [0, 0.1) is 5.92 Å². The van der Waals surface area contributed by atoms with Crippen molar-refractivity contribution in [3.63, 3.8) is 0 Å². The Balaban J connectivity index is 2.02. The Morgan fingerprint density at radius 2 is 2.33 bits per heavy atom. The fourth-order valence-electron chi connectivity index (χ4n) is 1.78. The summed E-state index contributed by atoms with van der Waals surface area (Å²) in [7, 11) is 0. The van der Waals surface area contributed by atoms with Crippen molar-refractivity contribution in [2.45, 2.75) is 6.42 Å². The lowest BCUT2D eigenvalue weighted by Crippen LogP contribution is -2.30. The number of likely N-dealkylation sites (tertiary alicyclic amines) is 1. The number of nitrogens with zero attached hydrogens (tertiary/aromatic N) is 1. The molecule has 1 aliphatic rings. The van der Waals surface area contributed by atoms with Crippen LogP contribution in [0.1, 0.15) is 16.9 Å². The molecule has 1 aromatic rings. The van der Waals surface area contributed by atoms with E-state index < -0.39 is 11.9 Å². The van der Waals surface area contributed by atoms with Crippen molar-refractivity contribution >= 4 is 11.9 Å². The lowest BCUT2D eigenvalue weighted by molar-refractivity contribution is -0.141. The molecule has 2 rings (SSSR count). The third-order valence-electron chi connectivity index (χ3n) is 2.65. The van der Waals surface area contributed by atoms with Crippen LogP contribution >= 0.6 is 0 Å². The van der Waals surface area contributed by atoms with Crippen molar-refractivity contribution < 1.29 is 14.7 Å². The second-order valence-electron chi connectivity index (χ2n) is 3.66. The van der Waals surface area contributed by atoms with Crippen LogP contribution in [0.15, 0.2) is 18.3 Å². The molecule has 0 aliphatic carbocycles. The molecule has 15 heavy (non-hydrogen) atoms. The second-order valence-corrected chi connectivity index (χ2v) is 3.66. The first-order valence-electron chi connectivity index (χ1n) is 4.84. The van der Waals surface area contributed by atoms with Gasteiger partial charge in [0.05, 0.1) is 5.92 Å². The second kappa shape index (κ2) is 3.76. The summed E-state index contributed by atoms with van der Waals surface area (Å²) >= 11 is 0. The van der Waals surface area contributed by atoms with Crippen LogP contribution in [-0.4, -0.2) is 40.0 Å². The molecule has 1 atom stereocenters. The van der Waals surface area contributed by atoms with Crippen LogP contribution in [-0.2, 0) is 4.79 Å². The van der Waals surface area contributed by atoms with E-state index in [1.165, 1.54) is 0 Å².